The molecule has 4 heteroatoms. The Bertz CT molecular complexity index is 389. The Morgan fingerprint density at radius 3 is 2.89 bits per heavy atom. The van der Waals surface area contributed by atoms with Crippen molar-refractivity contribution in [1.82, 2.24) is 0 Å². The van der Waals surface area contributed by atoms with E-state index >= 15 is 0 Å². The molecule has 0 aromatic heterocycles. The van der Waals surface area contributed by atoms with Gasteiger partial charge in [0, 0.05) is 6.42 Å². The van der Waals surface area contributed by atoms with E-state index in [-0.39, 0.29) is 6.10 Å². The van der Waals surface area contributed by atoms with Crippen LogP contribution in [0.3, 0.4) is 0 Å². The maximum atomic E-state index is 5.94. The van der Waals surface area contributed by atoms with Crippen molar-refractivity contribution in [3.63, 3.8) is 0 Å². The Balaban J connectivity index is 2.18. The van der Waals surface area contributed by atoms with Crippen LogP contribution in [-0.4, -0.2) is 33.0 Å². The highest BCUT2D eigenvalue weighted by Crippen LogP contribution is 2.32. The minimum absolute atomic E-state index is 0.127. The highest BCUT2D eigenvalue weighted by atomic mass is 16.6. The molecule has 2 unspecified atom stereocenters. The zero-order chi connectivity index (χ0) is 13.0. The number of methoxy groups -OCH3 is 1. The van der Waals surface area contributed by atoms with Crippen molar-refractivity contribution in [1.29, 1.82) is 0 Å². The van der Waals surface area contributed by atoms with Crippen molar-refractivity contribution in [3.8, 4) is 11.5 Å². The lowest BCUT2D eigenvalue weighted by molar-refractivity contribution is 0.138. The Labute approximate surface area is 108 Å². The summed E-state index contributed by atoms with van der Waals surface area (Å²) in [6.45, 7) is 4.15. The molecule has 1 aliphatic heterocycles. The van der Waals surface area contributed by atoms with Crippen LogP contribution in [-0.2, 0) is 4.74 Å². The molecule has 1 aliphatic rings. The highest BCUT2D eigenvalue weighted by Gasteiger charge is 2.19. The van der Waals surface area contributed by atoms with Gasteiger partial charge in [0.2, 0.25) is 0 Å². The number of hydrogen-bond acceptors (Lipinski definition) is 4. The molecule has 0 bridgehead atoms. The maximum Gasteiger partial charge on any atom is 0.161 e. The Morgan fingerprint density at radius 1 is 1.44 bits per heavy atom. The molecule has 1 aromatic rings. The summed E-state index contributed by atoms with van der Waals surface area (Å²) in [7, 11) is 1.65. The lowest BCUT2D eigenvalue weighted by atomic mass is 10.0. The first-order chi connectivity index (χ1) is 8.74. The Hall–Kier alpha value is -1.26. The van der Waals surface area contributed by atoms with E-state index in [1.807, 2.05) is 18.2 Å². The highest BCUT2D eigenvalue weighted by molar-refractivity contribution is 5.44. The van der Waals surface area contributed by atoms with Crippen molar-refractivity contribution < 1.29 is 14.2 Å². The zero-order valence-electron chi connectivity index (χ0n) is 11.0. The minimum atomic E-state index is 0.127. The van der Waals surface area contributed by atoms with Gasteiger partial charge in [-0.3, -0.25) is 0 Å². The van der Waals surface area contributed by atoms with Crippen molar-refractivity contribution >= 4 is 0 Å². The fourth-order valence-electron chi connectivity index (χ4n) is 2.01. The molecule has 0 radical (unpaired) electrons. The predicted molar refractivity (Wildman–Crippen MR) is 70.3 cm³/mol. The molecular formula is C14H21NO3. The van der Waals surface area contributed by atoms with Gasteiger partial charge in [-0.1, -0.05) is 13.0 Å². The molecule has 2 N–H and O–H groups in total. The summed E-state index contributed by atoms with van der Waals surface area (Å²) in [5, 5.41) is 0. The first-order valence-electron chi connectivity index (χ1n) is 6.37. The van der Waals surface area contributed by atoms with Crippen LogP contribution in [0.4, 0.5) is 0 Å². The van der Waals surface area contributed by atoms with E-state index in [1.165, 1.54) is 5.56 Å². The summed E-state index contributed by atoms with van der Waals surface area (Å²) in [5.41, 5.74) is 6.87. The number of benzene rings is 1. The van der Waals surface area contributed by atoms with E-state index in [2.05, 4.69) is 6.92 Å². The number of ether oxygens (including phenoxy) is 3. The monoisotopic (exact) mass is 251 g/mol. The summed E-state index contributed by atoms with van der Waals surface area (Å²) in [6.07, 6.45) is 1.06. The average molecular weight is 251 g/mol. The van der Waals surface area contributed by atoms with Crippen molar-refractivity contribution in [3.05, 3.63) is 23.8 Å². The second-order valence-corrected chi connectivity index (χ2v) is 4.65. The van der Waals surface area contributed by atoms with E-state index in [0.29, 0.717) is 19.1 Å². The van der Waals surface area contributed by atoms with Gasteiger partial charge in [0.25, 0.3) is 0 Å². The van der Waals surface area contributed by atoms with Gasteiger partial charge in [0.05, 0.1) is 20.3 Å². The van der Waals surface area contributed by atoms with Crippen LogP contribution in [0.1, 0.15) is 24.8 Å². The van der Waals surface area contributed by atoms with Gasteiger partial charge in [-0.2, -0.15) is 0 Å². The summed E-state index contributed by atoms with van der Waals surface area (Å²) in [6, 6.07) is 6.00. The standard InChI is InChI=1S/C14H21NO3/c1-10(8-15)11-3-4-13(16-2)14(7-11)18-12-5-6-17-9-12/h3-4,7,10,12H,5-6,8-9,15H2,1-2H3. The van der Waals surface area contributed by atoms with Gasteiger partial charge in [0.15, 0.2) is 11.5 Å². The third-order valence-electron chi connectivity index (χ3n) is 3.29. The topological polar surface area (TPSA) is 53.7 Å². The van der Waals surface area contributed by atoms with Crippen LogP contribution in [0, 0.1) is 0 Å². The zero-order valence-corrected chi connectivity index (χ0v) is 11.0. The molecule has 100 valence electrons. The van der Waals surface area contributed by atoms with Crippen molar-refractivity contribution in [2.45, 2.75) is 25.4 Å². The number of rotatable bonds is 5. The molecule has 4 nitrogen and oxygen atoms in total. The van der Waals surface area contributed by atoms with Crippen LogP contribution in [0.15, 0.2) is 18.2 Å². The lowest BCUT2D eigenvalue weighted by Crippen LogP contribution is -2.16. The van der Waals surface area contributed by atoms with E-state index in [9.17, 15) is 0 Å². The van der Waals surface area contributed by atoms with Crippen LogP contribution < -0.4 is 15.2 Å². The molecule has 2 rings (SSSR count). The normalized spacial score (nSPS) is 20.7. The smallest absolute Gasteiger partial charge is 0.161 e. The molecule has 1 heterocycles. The molecule has 2 atom stereocenters. The fraction of sp³-hybridized carbons (Fsp3) is 0.571. The summed E-state index contributed by atoms with van der Waals surface area (Å²) in [5.74, 6) is 1.86. The van der Waals surface area contributed by atoms with Crippen LogP contribution in [0.5, 0.6) is 11.5 Å². The molecule has 0 saturated carbocycles. The average Bonchev–Trinajstić information content (AvgIpc) is 2.90. The van der Waals surface area contributed by atoms with Crippen molar-refractivity contribution in [2.24, 2.45) is 5.73 Å². The van der Waals surface area contributed by atoms with Gasteiger partial charge >= 0.3 is 0 Å². The molecule has 1 saturated heterocycles. The first-order valence-corrected chi connectivity index (χ1v) is 6.37. The van der Waals surface area contributed by atoms with E-state index in [4.69, 9.17) is 19.9 Å². The summed E-state index contributed by atoms with van der Waals surface area (Å²) < 4.78 is 16.6. The second-order valence-electron chi connectivity index (χ2n) is 4.65. The third kappa shape index (κ3) is 2.94. The van der Waals surface area contributed by atoms with Gasteiger partial charge in [-0.25, -0.2) is 0 Å². The van der Waals surface area contributed by atoms with Crippen LogP contribution >= 0.6 is 0 Å². The van der Waals surface area contributed by atoms with Gasteiger partial charge in [-0.05, 0) is 30.2 Å². The van der Waals surface area contributed by atoms with Crippen LogP contribution in [0.25, 0.3) is 0 Å². The first kappa shape index (κ1) is 13.2. The molecule has 0 spiro atoms. The third-order valence-corrected chi connectivity index (χ3v) is 3.29. The maximum absolute atomic E-state index is 5.94. The predicted octanol–water partition coefficient (Wildman–Crippen LogP) is 1.93. The molecule has 0 aliphatic carbocycles. The second kappa shape index (κ2) is 6.07. The molecule has 1 fully saturated rings. The van der Waals surface area contributed by atoms with Gasteiger partial charge in [-0.15, -0.1) is 0 Å². The fourth-order valence-corrected chi connectivity index (χ4v) is 2.01. The summed E-state index contributed by atoms with van der Waals surface area (Å²) >= 11 is 0. The van der Waals surface area contributed by atoms with E-state index < -0.39 is 0 Å². The van der Waals surface area contributed by atoms with Gasteiger partial charge in [0.1, 0.15) is 6.10 Å². The lowest BCUT2D eigenvalue weighted by Gasteiger charge is -2.17. The van der Waals surface area contributed by atoms with Gasteiger partial charge < -0.3 is 19.9 Å². The quantitative estimate of drug-likeness (QED) is 0.868. The molecule has 18 heavy (non-hydrogen) atoms. The Morgan fingerprint density at radius 2 is 2.28 bits per heavy atom. The molecular weight excluding hydrogens is 230 g/mol. The van der Waals surface area contributed by atoms with E-state index in [0.717, 1.165) is 24.5 Å². The number of hydrogen-bond donors (Lipinski definition) is 1. The summed E-state index contributed by atoms with van der Waals surface area (Å²) in [4.78, 5) is 0. The minimum Gasteiger partial charge on any atom is -0.493 e. The van der Waals surface area contributed by atoms with E-state index in [1.54, 1.807) is 7.11 Å². The van der Waals surface area contributed by atoms with Crippen LogP contribution in [0.2, 0.25) is 0 Å². The Kier molecular flexibility index (Phi) is 4.44. The van der Waals surface area contributed by atoms with Crippen molar-refractivity contribution in [2.75, 3.05) is 26.9 Å². The molecule has 1 aromatic carbocycles. The number of nitrogens with two attached hydrogens (primary N) is 1. The largest absolute Gasteiger partial charge is 0.493 e. The molecule has 0 amide bonds. The SMILES string of the molecule is COc1ccc(C(C)CN)cc1OC1CCOC1.